The van der Waals surface area contributed by atoms with Gasteiger partial charge in [-0.1, -0.05) is 24.3 Å². The molecule has 0 heterocycles. The van der Waals surface area contributed by atoms with Gasteiger partial charge in [0.15, 0.2) is 0 Å². The first-order valence-electron chi connectivity index (χ1n) is 5.33. The topological polar surface area (TPSA) is 26.3 Å². The van der Waals surface area contributed by atoms with Gasteiger partial charge < -0.3 is 4.74 Å². The third-order valence-corrected chi connectivity index (χ3v) is 2.62. The van der Waals surface area contributed by atoms with E-state index in [1.54, 1.807) is 36.4 Å². The Bertz CT molecular complexity index is 569. The SMILES string of the molecule is O=C(Cl)c1ccccc1COc1cccc(F)c1. The monoisotopic (exact) mass is 264 g/mol. The Kier molecular flexibility index (Phi) is 3.95. The van der Waals surface area contributed by atoms with Crippen molar-refractivity contribution in [2.24, 2.45) is 0 Å². The highest BCUT2D eigenvalue weighted by molar-refractivity contribution is 6.67. The van der Waals surface area contributed by atoms with Gasteiger partial charge in [0.05, 0.1) is 0 Å². The highest BCUT2D eigenvalue weighted by Gasteiger charge is 2.08. The molecular weight excluding hydrogens is 255 g/mol. The summed E-state index contributed by atoms with van der Waals surface area (Å²) < 4.78 is 18.4. The first kappa shape index (κ1) is 12.6. The molecule has 0 atom stereocenters. The summed E-state index contributed by atoms with van der Waals surface area (Å²) in [4.78, 5) is 11.2. The highest BCUT2D eigenvalue weighted by Crippen LogP contribution is 2.17. The van der Waals surface area contributed by atoms with Crippen LogP contribution in [0.15, 0.2) is 48.5 Å². The molecule has 0 amide bonds. The van der Waals surface area contributed by atoms with Crippen LogP contribution in [0.25, 0.3) is 0 Å². The number of carbonyl (C=O) groups is 1. The Morgan fingerprint density at radius 1 is 1.17 bits per heavy atom. The van der Waals surface area contributed by atoms with Gasteiger partial charge in [0.2, 0.25) is 0 Å². The van der Waals surface area contributed by atoms with Gasteiger partial charge >= 0.3 is 0 Å². The summed E-state index contributed by atoms with van der Waals surface area (Å²) in [6, 6.07) is 12.7. The van der Waals surface area contributed by atoms with E-state index in [4.69, 9.17) is 16.3 Å². The zero-order valence-corrected chi connectivity index (χ0v) is 10.2. The summed E-state index contributed by atoms with van der Waals surface area (Å²) in [7, 11) is 0. The molecule has 0 fully saturated rings. The van der Waals surface area contributed by atoms with E-state index in [0.29, 0.717) is 16.9 Å². The second-order valence-corrected chi connectivity index (χ2v) is 4.02. The minimum Gasteiger partial charge on any atom is -0.489 e. The molecule has 0 aliphatic carbocycles. The standard InChI is InChI=1S/C14H10ClFO2/c15-14(17)13-7-2-1-4-10(13)9-18-12-6-3-5-11(16)8-12/h1-8H,9H2. The van der Waals surface area contributed by atoms with E-state index in [1.165, 1.54) is 12.1 Å². The van der Waals surface area contributed by atoms with Crippen molar-refractivity contribution >= 4 is 16.8 Å². The Hall–Kier alpha value is -1.87. The largest absolute Gasteiger partial charge is 0.489 e. The summed E-state index contributed by atoms with van der Waals surface area (Å²) in [5.74, 6) is 0.0426. The zero-order chi connectivity index (χ0) is 13.0. The van der Waals surface area contributed by atoms with E-state index in [9.17, 15) is 9.18 Å². The Morgan fingerprint density at radius 2 is 1.94 bits per heavy atom. The lowest BCUT2D eigenvalue weighted by Gasteiger charge is -2.08. The molecule has 0 aliphatic rings. The number of hydrogen-bond donors (Lipinski definition) is 0. The molecule has 0 unspecified atom stereocenters. The lowest BCUT2D eigenvalue weighted by atomic mass is 10.1. The van der Waals surface area contributed by atoms with E-state index in [2.05, 4.69) is 0 Å². The lowest BCUT2D eigenvalue weighted by molar-refractivity contribution is 0.107. The van der Waals surface area contributed by atoms with Gasteiger partial charge in [0.25, 0.3) is 5.24 Å². The van der Waals surface area contributed by atoms with Crippen molar-refractivity contribution in [2.45, 2.75) is 6.61 Å². The smallest absolute Gasteiger partial charge is 0.252 e. The fraction of sp³-hybridized carbons (Fsp3) is 0.0714. The molecule has 0 saturated heterocycles. The number of rotatable bonds is 4. The third kappa shape index (κ3) is 3.08. The van der Waals surface area contributed by atoms with Gasteiger partial charge in [0, 0.05) is 17.2 Å². The van der Waals surface area contributed by atoms with E-state index < -0.39 is 5.24 Å². The normalized spacial score (nSPS) is 10.1. The molecule has 0 spiro atoms. The van der Waals surface area contributed by atoms with Gasteiger partial charge in [0.1, 0.15) is 18.2 Å². The number of halogens is 2. The van der Waals surface area contributed by atoms with Crippen LogP contribution in [0.5, 0.6) is 5.75 Å². The van der Waals surface area contributed by atoms with Crippen molar-refractivity contribution in [2.75, 3.05) is 0 Å². The number of carbonyl (C=O) groups excluding carboxylic acids is 1. The highest BCUT2D eigenvalue weighted by atomic mass is 35.5. The molecule has 0 N–H and O–H groups in total. The Balaban J connectivity index is 2.13. The van der Waals surface area contributed by atoms with Crippen LogP contribution in [0.2, 0.25) is 0 Å². The number of benzene rings is 2. The summed E-state index contributed by atoms with van der Waals surface area (Å²) in [6.45, 7) is 0.165. The summed E-state index contributed by atoms with van der Waals surface area (Å²) >= 11 is 5.46. The van der Waals surface area contributed by atoms with Gasteiger partial charge in [-0.15, -0.1) is 0 Å². The molecular formula is C14H10ClFO2. The number of hydrogen-bond acceptors (Lipinski definition) is 2. The predicted octanol–water partition coefficient (Wildman–Crippen LogP) is 3.78. The Morgan fingerprint density at radius 3 is 2.67 bits per heavy atom. The maximum Gasteiger partial charge on any atom is 0.252 e. The van der Waals surface area contributed by atoms with Crippen LogP contribution in [-0.4, -0.2) is 5.24 Å². The first-order valence-corrected chi connectivity index (χ1v) is 5.71. The van der Waals surface area contributed by atoms with Crippen molar-refractivity contribution in [3.05, 3.63) is 65.5 Å². The van der Waals surface area contributed by atoms with Gasteiger partial charge in [-0.25, -0.2) is 4.39 Å². The van der Waals surface area contributed by atoms with Crippen molar-refractivity contribution in [3.8, 4) is 5.75 Å². The van der Waals surface area contributed by atoms with E-state index in [1.807, 2.05) is 0 Å². The molecule has 0 radical (unpaired) electrons. The minimum absolute atomic E-state index is 0.165. The second-order valence-electron chi connectivity index (χ2n) is 3.68. The Labute approximate surface area is 109 Å². The van der Waals surface area contributed by atoms with Crippen molar-refractivity contribution < 1.29 is 13.9 Å². The first-order chi connectivity index (χ1) is 8.66. The van der Waals surface area contributed by atoms with Gasteiger partial charge in [-0.2, -0.15) is 0 Å². The van der Waals surface area contributed by atoms with Crippen molar-refractivity contribution in [1.82, 2.24) is 0 Å². The van der Waals surface area contributed by atoms with Crippen LogP contribution in [0, 0.1) is 5.82 Å². The van der Waals surface area contributed by atoms with Crippen LogP contribution in [-0.2, 0) is 6.61 Å². The molecule has 0 aliphatic heterocycles. The fourth-order valence-corrected chi connectivity index (χ4v) is 1.74. The molecule has 18 heavy (non-hydrogen) atoms. The lowest BCUT2D eigenvalue weighted by Crippen LogP contribution is -2.02. The van der Waals surface area contributed by atoms with Crippen LogP contribution < -0.4 is 4.74 Å². The molecule has 92 valence electrons. The van der Waals surface area contributed by atoms with E-state index in [-0.39, 0.29) is 12.4 Å². The van der Waals surface area contributed by atoms with Crippen LogP contribution >= 0.6 is 11.6 Å². The molecule has 0 aromatic heterocycles. The van der Waals surface area contributed by atoms with Gasteiger partial charge in [-0.05, 0) is 29.8 Å². The molecule has 4 heteroatoms. The summed E-state index contributed by atoms with van der Waals surface area (Å²) in [6.07, 6.45) is 0. The second kappa shape index (κ2) is 5.65. The number of ether oxygens (including phenoxy) is 1. The molecule has 2 nitrogen and oxygen atoms in total. The summed E-state index contributed by atoms with van der Waals surface area (Å²) in [5.41, 5.74) is 1.07. The summed E-state index contributed by atoms with van der Waals surface area (Å²) in [5, 5.41) is -0.534. The van der Waals surface area contributed by atoms with E-state index in [0.717, 1.165) is 0 Å². The van der Waals surface area contributed by atoms with Crippen LogP contribution in [0.3, 0.4) is 0 Å². The maximum absolute atomic E-state index is 12.9. The van der Waals surface area contributed by atoms with Crippen molar-refractivity contribution in [1.29, 1.82) is 0 Å². The van der Waals surface area contributed by atoms with Crippen LogP contribution in [0.1, 0.15) is 15.9 Å². The zero-order valence-electron chi connectivity index (χ0n) is 9.40. The molecule has 0 bridgehead atoms. The van der Waals surface area contributed by atoms with Crippen LogP contribution in [0.4, 0.5) is 4.39 Å². The predicted molar refractivity (Wildman–Crippen MR) is 67.4 cm³/mol. The molecule has 2 aromatic carbocycles. The molecule has 0 saturated carbocycles. The molecule has 2 aromatic rings. The average molecular weight is 265 g/mol. The third-order valence-electron chi connectivity index (χ3n) is 2.42. The minimum atomic E-state index is -0.534. The van der Waals surface area contributed by atoms with Crippen molar-refractivity contribution in [3.63, 3.8) is 0 Å². The average Bonchev–Trinajstić information content (AvgIpc) is 2.37. The maximum atomic E-state index is 12.9. The van der Waals surface area contributed by atoms with Gasteiger partial charge in [-0.3, -0.25) is 4.79 Å². The fourth-order valence-electron chi connectivity index (χ4n) is 1.56. The molecule has 2 rings (SSSR count). The quantitative estimate of drug-likeness (QED) is 0.786. The van der Waals surface area contributed by atoms with E-state index >= 15 is 0 Å².